The van der Waals surface area contributed by atoms with Crippen LogP contribution in [0.3, 0.4) is 0 Å². The van der Waals surface area contributed by atoms with Gasteiger partial charge in [-0.05, 0) is 24.7 Å². The van der Waals surface area contributed by atoms with Crippen molar-refractivity contribution in [2.75, 3.05) is 13.1 Å². The first-order chi connectivity index (χ1) is 7.65. The molecule has 2 atom stereocenters. The normalized spacial score (nSPS) is 24.9. The van der Waals surface area contributed by atoms with E-state index < -0.39 is 10.0 Å². The zero-order valence-electron chi connectivity index (χ0n) is 11.6. The van der Waals surface area contributed by atoms with Crippen LogP contribution in [0.2, 0.25) is 0 Å². The van der Waals surface area contributed by atoms with Crippen molar-refractivity contribution in [1.29, 1.82) is 0 Å². The standard InChI is InChI=1S/C12H26N2O2S/c1-9(2)13-7-10(3)17(15,16)14-8-11-6-12(11,4)5/h9-11,13-14H,6-8H2,1-5H3. The van der Waals surface area contributed by atoms with E-state index in [9.17, 15) is 8.42 Å². The first kappa shape index (κ1) is 14.9. The van der Waals surface area contributed by atoms with Crippen LogP contribution in [0.15, 0.2) is 0 Å². The molecule has 4 nitrogen and oxygen atoms in total. The summed E-state index contributed by atoms with van der Waals surface area (Å²) in [6.07, 6.45) is 1.12. The lowest BCUT2D eigenvalue weighted by molar-refractivity contribution is 0.521. The molecule has 0 aliphatic heterocycles. The molecule has 1 fully saturated rings. The molecule has 0 saturated heterocycles. The van der Waals surface area contributed by atoms with Gasteiger partial charge in [-0.3, -0.25) is 0 Å². The molecule has 1 aliphatic carbocycles. The van der Waals surface area contributed by atoms with E-state index in [1.165, 1.54) is 0 Å². The summed E-state index contributed by atoms with van der Waals surface area (Å²) in [5.74, 6) is 0.502. The van der Waals surface area contributed by atoms with E-state index in [4.69, 9.17) is 0 Å². The van der Waals surface area contributed by atoms with Crippen LogP contribution in [0, 0.1) is 11.3 Å². The van der Waals surface area contributed by atoms with Gasteiger partial charge in [0.15, 0.2) is 0 Å². The van der Waals surface area contributed by atoms with Gasteiger partial charge in [-0.1, -0.05) is 27.7 Å². The van der Waals surface area contributed by atoms with Gasteiger partial charge < -0.3 is 5.32 Å². The summed E-state index contributed by atoms with van der Waals surface area (Å²) < 4.78 is 26.6. The first-order valence-corrected chi connectivity index (χ1v) is 7.91. The number of rotatable bonds is 7. The number of hydrogen-bond donors (Lipinski definition) is 2. The minimum Gasteiger partial charge on any atom is -0.313 e. The highest BCUT2D eigenvalue weighted by Gasteiger charge is 2.45. The van der Waals surface area contributed by atoms with E-state index in [1.54, 1.807) is 6.92 Å². The van der Waals surface area contributed by atoms with Crippen molar-refractivity contribution in [3.8, 4) is 0 Å². The summed E-state index contributed by atoms with van der Waals surface area (Å²) >= 11 is 0. The second kappa shape index (κ2) is 5.24. The van der Waals surface area contributed by atoms with Gasteiger partial charge in [-0.25, -0.2) is 13.1 Å². The second-order valence-corrected chi connectivity index (χ2v) is 8.34. The molecule has 0 spiro atoms. The van der Waals surface area contributed by atoms with Gasteiger partial charge in [-0.15, -0.1) is 0 Å². The van der Waals surface area contributed by atoms with E-state index in [0.29, 0.717) is 30.5 Å². The molecular weight excluding hydrogens is 236 g/mol. The number of nitrogens with one attached hydrogen (secondary N) is 2. The Morgan fingerprint density at radius 2 is 1.82 bits per heavy atom. The minimum atomic E-state index is -3.17. The largest absolute Gasteiger partial charge is 0.313 e. The first-order valence-electron chi connectivity index (χ1n) is 6.37. The fourth-order valence-electron chi connectivity index (χ4n) is 1.79. The molecule has 0 aromatic rings. The zero-order chi connectivity index (χ0) is 13.3. The Labute approximate surface area is 106 Å². The van der Waals surface area contributed by atoms with Crippen molar-refractivity contribution >= 4 is 10.0 Å². The Kier molecular flexibility index (Phi) is 4.60. The Morgan fingerprint density at radius 1 is 1.29 bits per heavy atom. The van der Waals surface area contributed by atoms with Crippen LogP contribution in [-0.4, -0.2) is 32.8 Å². The SMILES string of the molecule is CC(C)NCC(C)S(=O)(=O)NCC1CC1(C)C. The van der Waals surface area contributed by atoms with E-state index in [0.717, 1.165) is 6.42 Å². The van der Waals surface area contributed by atoms with Crippen LogP contribution >= 0.6 is 0 Å². The third-order valence-electron chi connectivity index (χ3n) is 3.59. The fraction of sp³-hybridized carbons (Fsp3) is 1.00. The predicted octanol–water partition coefficient (Wildman–Crippen LogP) is 1.34. The molecule has 1 rings (SSSR count). The van der Waals surface area contributed by atoms with E-state index in [2.05, 4.69) is 23.9 Å². The molecule has 0 aromatic carbocycles. The number of sulfonamides is 1. The maximum absolute atomic E-state index is 11.9. The zero-order valence-corrected chi connectivity index (χ0v) is 12.4. The summed E-state index contributed by atoms with van der Waals surface area (Å²) in [6, 6.07) is 0.315. The van der Waals surface area contributed by atoms with Gasteiger partial charge >= 0.3 is 0 Å². The molecule has 2 N–H and O–H groups in total. The van der Waals surface area contributed by atoms with Gasteiger partial charge in [0, 0.05) is 19.1 Å². The van der Waals surface area contributed by atoms with E-state index >= 15 is 0 Å². The number of hydrogen-bond acceptors (Lipinski definition) is 3. The smallest absolute Gasteiger partial charge is 0.215 e. The molecule has 0 amide bonds. The van der Waals surface area contributed by atoms with Crippen LogP contribution in [0.1, 0.15) is 41.0 Å². The fourth-order valence-corrected chi connectivity index (χ4v) is 2.83. The van der Waals surface area contributed by atoms with Crippen LogP contribution < -0.4 is 10.0 Å². The van der Waals surface area contributed by atoms with E-state index in [1.807, 2.05) is 13.8 Å². The molecule has 0 heterocycles. The highest BCUT2D eigenvalue weighted by atomic mass is 32.2. The predicted molar refractivity (Wildman–Crippen MR) is 71.4 cm³/mol. The van der Waals surface area contributed by atoms with Crippen molar-refractivity contribution in [3.63, 3.8) is 0 Å². The highest BCUT2D eigenvalue weighted by molar-refractivity contribution is 7.90. The molecule has 2 unspecified atom stereocenters. The van der Waals surface area contributed by atoms with Crippen molar-refractivity contribution in [2.45, 2.75) is 52.3 Å². The molecule has 5 heteroatoms. The summed E-state index contributed by atoms with van der Waals surface area (Å²) in [6.45, 7) is 11.2. The van der Waals surface area contributed by atoms with Crippen molar-refractivity contribution in [1.82, 2.24) is 10.0 Å². The van der Waals surface area contributed by atoms with Gasteiger partial charge in [-0.2, -0.15) is 0 Å². The maximum atomic E-state index is 11.9. The lowest BCUT2D eigenvalue weighted by Crippen LogP contribution is -2.41. The summed E-state index contributed by atoms with van der Waals surface area (Å²) in [7, 11) is -3.17. The minimum absolute atomic E-state index is 0.315. The third-order valence-corrected chi connectivity index (χ3v) is 5.39. The monoisotopic (exact) mass is 262 g/mol. The second-order valence-electron chi connectivity index (χ2n) is 6.16. The Hall–Kier alpha value is -0.130. The molecule has 102 valence electrons. The molecule has 0 radical (unpaired) electrons. The van der Waals surface area contributed by atoms with Gasteiger partial charge in [0.2, 0.25) is 10.0 Å². The summed E-state index contributed by atoms with van der Waals surface area (Å²) in [4.78, 5) is 0. The quantitative estimate of drug-likeness (QED) is 0.728. The topological polar surface area (TPSA) is 58.2 Å². The Balaban J connectivity index is 2.35. The molecule has 1 saturated carbocycles. The average Bonchev–Trinajstić information content (AvgIpc) is 2.80. The van der Waals surface area contributed by atoms with E-state index in [-0.39, 0.29) is 5.25 Å². The molecule has 0 aromatic heterocycles. The summed E-state index contributed by atoms with van der Waals surface area (Å²) in [5.41, 5.74) is 0.321. The lowest BCUT2D eigenvalue weighted by atomic mass is 10.1. The van der Waals surface area contributed by atoms with Gasteiger partial charge in [0.25, 0.3) is 0 Å². The van der Waals surface area contributed by atoms with Crippen molar-refractivity contribution in [2.24, 2.45) is 11.3 Å². The molecular formula is C12H26N2O2S. The molecule has 0 bridgehead atoms. The van der Waals surface area contributed by atoms with Crippen molar-refractivity contribution < 1.29 is 8.42 Å². The van der Waals surface area contributed by atoms with Crippen LogP contribution in [-0.2, 0) is 10.0 Å². The van der Waals surface area contributed by atoms with Crippen LogP contribution in [0.4, 0.5) is 0 Å². The van der Waals surface area contributed by atoms with Gasteiger partial charge in [0.05, 0.1) is 5.25 Å². The highest BCUT2D eigenvalue weighted by Crippen LogP contribution is 2.51. The average molecular weight is 262 g/mol. The lowest BCUT2D eigenvalue weighted by Gasteiger charge is -2.16. The maximum Gasteiger partial charge on any atom is 0.215 e. The van der Waals surface area contributed by atoms with Crippen LogP contribution in [0.5, 0.6) is 0 Å². The van der Waals surface area contributed by atoms with Crippen molar-refractivity contribution in [3.05, 3.63) is 0 Å². The Morgan fingerprint density at radius 3 is 2.24 bits per heavy atom. The molecule has 17 heavy (non-hydrogen) atoms. The molecule has 1 aliphatic rings. The van der Waals surface area contributed by atoms with Gasteiger partial charge in [0.1, 0.15) is 0 Å². The summed E-state index contributed by atoms with van der Waals surface area (Å²) in [5, 5.41) is 2.77. The Bertz CT molecular complexity index is 350. The van der Waals surface area contributed by atoms with Crippen LogP contribution in [0.25, 0.3) is 0 Å². The third kappa shape index (κ3) is 4.56.